The number of carbonyl (C=O) groups excluding carboxylic acids is 1. The van der Waals surface area contributed by atoms with Gasteiger partial charge < -0.3 is 15.7 Å². The molecule has 0 saturated carbocycles. The molecule has 1 aromatic heterocycles. The van der Waals surface area contributed by atoms with Crippen LogP contribution in [0.15, 0.2) is 29.1 Å². The summed E-state index contributed by atoms with van der Waals surface area (Å²) < 4.78 is 13.4. The predicted octanol–water partition coefficient (Wildman–Crippen LogP) is 2.30. The Balaban J connectivity index is 1.94. The number of thiazole rings is 1. The summed E-state index contributed by atoms with van der Waals surface area (Å²) >= 11 is 1.41. The largest absolute Gasteiger partial charge is 0.478 e. The van der Waals surface area contributed by atoms with Gasteiger partial charge in [0.2, 0.25) is 0 Å². The van der Waals surface area contributed by atoms with Crippen molar-refractivity contribution in [1.82, 2.24) is 10.3 Å². The third-order valence-electron chi connectivity index (χ3n) is 2.37. The standard InChI is InChI=1S/C12H10FN3O3S/c13-10-3-7(1-2-9(10)11(17)18)16-12(19)14-4-8-5-20-6-15-8/h1-3,5-6H,4H2,(H,17,18)(H2,14,16,19). The summed E-state index contributed by atoms with van der Waals surface area (Å²) in [5, 5.41) is 15.4. The maximum atomic E-state index is 13.4. The Bertz CT molecular complexity index is 631. The van der Waals surface area contributed by atoms with Crippen molar-refractivity contribution in [2.75, 3.05) is 5.32 Å². The van der Waals surface area contributed by atoms with Gasteiger partial charge in [0.25, 0.3) is 0 Å². The van der Waals surface area contributed by atoms with Crippen molar-refractivity contribution in [2.45, 2.75) is 6.54 Å². The Hall–Kier alpha value is -2.48. The number of rotatable bonds is 4. The van der Waals surface area contributed by atoms with Crippen molar-refractivity contribution in [3.05, 3.63) is 46.2 Å². The van der Waals surface area contributed by atoms with E-state index in [-0.39, 0.29) is 12.2 Å². The molecule has 0 radical (unpaired) electrons. The number of halogens is 1. The Morgan fingerprint density at radius 3 is 2.80 bits per heavy atom. The van der Waals surface area contributed by atoms with E-state index >= 15 is 0 Å². The fourth-order valence-electron chi connectivity index (χ4n) is 1.44. The van der Waals surface area contributed by atoms with Crippen molar-refractivity contribution in [3.8, 4) is 0 Å². The number of nitrogens with one attached hydrogen (secondary N) is 2. The van der Waals surface area contributed by atoms with Crippen LogP contribution in [0.2, 0.25) is 0 Å². The Morgan fingerprint density at radius 1 is 1.40 bits per heavy atom. The van der Waals surface area contributed by atoms with E-state index in [1.165, 1.54) is 17.4 Å². The molecule has 0 aliphatic carbocycles. The molecule has 8 heteroatoms. The second kappa shape index (κ2) is 6.11. The predicted molar refractivity (Wildman–Crippen MR) is 71.3 cm³/mol. The minimum absolute atomic E-state index is 0.170. The van der Waals surface area contributed by atoms with Crippen LogP contribution in [-0.4, -0.2) is 22.1 Å². The second-order valence-corrected chi connectivity index (χ2v) is 4.51. The number of hydrogen-bond acceptors (Lipinski definition) is 4. The van der Waals surface area contributed by atoms with Gasteiger partial charge in [-0.05, 0) is 18.2 Å². The summed E-state index contributed by atoms with van der Waals surface area (Å²) in [5.74, 6) is -2.27. The third-order valence-corrected chi connectivity index (χ3v) is 3.01. The molecule has 1 aromatic carbocycles. The lowest BCUT2D eigenvalue weighted by Crippen LogP contribution is -2.28. The molecular formula is C12H10FN3O3S. The van der Waals surface area contributed by atoms with E-state index in [0.29, 0.717) is 0 Å². The molecule has 20 heavy (non-hydrogen) atoms. The topological polar surface area (TPSA) is 91.3 Å². The van der Waals surface area contributed by atoms with Gasteiger partial charge in [-0.1, -0.05) is 0 Å². The summed E-state index contributed by atoms with van der Waals surface area (Å²) in [6.07, 6.45) is 0. The summed E-state index contributed by atoms with van der Waals surface area (Å²) in [5.41, 5.74) is 2.09. The smallest absolute Gasteiger partial charge is 0.338 e. The quantitative estimate of drug-likeness (QED) is 0.807. The highest BCUT2D eigenvalue weighted by atomic mass is 32.1. The molecule has 0 spiro atoms. The van der Waals surface area contributed by atoms with Crippen LogP contribution in [0.25, 0.3) is 0 Å². The first-order chi connectivity index (χ1) is 9.56. The van der Waals surface area contributed by atoms with E-state index in [4.69, 9.17) is 5.11 Å². The van der Waals surface area contributed by atoms with E-state index in [1.807, 2.05) is 0 Å². The van der Waals surface area contributed by atoms with Crippen LogP contribution in [0.4, 0.5) is 14.9 Å². The van der Waals surface area contributed by atoms with Gasteiger partial charge in [-0.15, -0.1) is 11.3 Å². The first-order valence-corrected chi connectivity index (χ1v) is 6.45. The van der Waals surface area contributed by atoms with Crippen LogP contribution in [0, 0.1) is 5.82 Å². The molecule has 0 saturated heterocycles. The molecule has 0 aliphatic rings. The number of nitrogens with zero attached hydrogens (tertiary/aromatic N) is 1. The maximum Gasteiger partial charge on any atom is 0.338 e. The van der Waals surface area contributed by atoms with E-state index in [0.717, 1.165) is 17.8 Å². The third kappa shape index (κ3) is 3.51. The number of carboxylic acid groups (broad SMARTS) is 1. The highest BCUT2D eigenvalue weighted by Gasteiger charge is 2.11. The number of carboxylic acids is 1. The summed E-state index contributed by atoms with van der Waals surface area (Å²) in [6, 6.07) is 2.83. The highest BCUT2D eigenvalue weighted by molar-refractivity contribution is 7.07. The number of anilines is 1. The van der Waals surface area contributed by atoms with Gasteiger partial charge in [0.15, 0.2) is 0 Å². The van der Waals surface area contributed by atoms with Gasteiger partial charge >= 0.3 is 12.0 Å². The number of aromatic nitrogens is 1. The van der Waals surface area contributed by atoms with Gasteiger partial charge in [-0.2, -0.15) is 0 Å². The average Bonchev–Trinajstić information content (AvgIpc) is 2.89. The average molecular weight is 295 g/mol. The number of aromatic carboxylic acids is 1. The van der Waals surface area contributed by atoms with E-state index in [9.17, 15) is 14.0 Å². The molecule has 0 atom stereocenters. The molecular weight excluding hydrogens is 285 g/mol. The van der Waals surface area contributed by atoms with Crippen LogP contribution >= 0.6 is 11.3 Å². The first-order valence-electron chi connectivity index (χ1n) is 5.51. The zero-order valence-corrected chi connectivity index (χ0v) is 10.9. The second-order valence-electron chi connectivity index (χ2n) is 3.79. The molecule has 2 aromatic rings. The van der Waals surface area contributed by atoms with Crippen molar-refractivity contribution in [3.63, 3.8) is 0 Å². The lowest BCUT2D eigenvalue weighted by atomic mass is 10.2. The fourth-order valence-corrected chi connectivity index (χ4v) is 2.00. The molecule has 104 valence electrons. The first kappa shape index (κ1) is 13.9. The molecule has 0 unspecified atom stereocenters. The van der Waals surface area contributed by atoms with Crippen LogP contribution in [0.3, 0.4) is 0 Å². The lowest BCUT2D eigenvalue weighted by Gasteiger charge is -2.07. The molecule has 2 rings (SSSR count). The molecule has 0 bridgehead atoms. The summed E-state index contributed by atoms with van der Waals surface area (Å²) in [7, 11) is 0. The molecule has 1 heterocycles. The van der Waals surface area contributed by atoms with Crippen LogP contribution in [-0.2, 0) is 6.54 Å². The molecule has 3 N–H and O–H groups in total. The van der Waals surface area contributed by atoms with Gasteiger partial charge in [-0.3, -0.25) is 0 Å². The van der Waals surface area contributed by atoms with Crippen molar-refractivity contribution in [1.29, 1.82) is 0 Å². The van der Waals surface area contributed by atoms with Gasteiger partial charge in [0.05, 0.1) is 23.3 Å². The van der Waals surface area contributed by atoms with E-state index < -0.39 is 23.4 Å². The SMILES string of the molecule is O=C(NCc1cscn1)Nc1ccc(C(=O)O)c(F)c1. The van der Waals surface area contributed by atoms with Crippen LogP contribution in [0.5, 0.6) is 0 Å². The molecule has 0 aliphatic heterocycles. The zero-order valence-electron chi connectivity index (χ0n) is 10.1. The van der Waals surface area contributed by atoms with Gasteiger partial charge in [-0.25, -0.2) is 19.0 Å². The molecule has 6 nitrogen and oxygen atoms in total. The number of carbonyl (C=O) groups is 2. The highest BCUT2D eigenvalue weighted by Crippen LogP contribution is 2.14. The molecule has 0 fully saturated rings. The lowest BCUT2D eigenvalue weighted by molar-refractivity contribution is 0.0692. The van der Waals surface area contributed by atoms with E-state index in [1.54, 1.807) is 10.9 Å². The Kier molecular flexibility index (Phi) is 4.26. The van der Waals surface area contributed by atoms with Gasteiger partial charge in [0.1, 0.15) is 5.82 Å². The Labute approximate surface area is 117 Å². The fraction of sp³-hybridized carbons (Fsp3) is 0.0833. The van der Waals surface area contributed by atoms with Crippen LogP contribution in [0.1, 0.15) is 16.1 Å². The van der Waals surface area contributed by atoms with Crippen LogP contribution < -0.4 is 10.6 Å². The normalized spacial score (nSPS) is 10.1. The molecule has 2 amide bonds. The van der Waals surface area contributed by atoms with Crippen molar-refractivity contribution >= 4 is 29.0 Å². The minimum Gasteiger partial charge on any atom is -0.478 e. The van der Waals surface area contributed by atoms with Gasteiger partial charge in [0, 0.05) is 11.1 Å². The number of hydrogen-bond donors (Lipinski definition) is 3. The zero-order chi connectivity index (χ0) is 14.5. The summed E-state index contributed by atoms with van der Waals surface area (Å²) in [6.45, 7) is 0.255. The van der Waals surface area contributed by atoms with Crippen molar-refractivity contribution in [2.24, 2.45) is 0 Å². The maximum absolute atomic E-state index is 13.4. The number of benzene rings is 1. The number of amides is 2. The summed E-state index contributed by atoms with van der Waals surface area (Å²) in [4.78, 5) is 26.2. The van der Waals surface area contributed by atoms with E-state index in [2.05, 4.69) is 15.6 Å². The number of urea groups is 1. The Morgan fingerprint density at radius 2 is 2.20 bits per heavy atom. The van der Waals surface area contributed by atoms with Crippen molar-refractivity contribution < 1.29 is 19.1 Å². The monoisotopic (exact) mass is 295 g/mol. The minimum atomic E-state index is -1.36.